The Morgan fingerprint density at radius 1 is 0.156 bits per heavy atom. The highest BCUT2D eigenvalue weighted by Gasteiger charge is 2.24. The zero-order valence-corrected chi connectivity index (χ0v) is 75.9. The van der Waals surface area contributed by atoms with Crippen LogP contribution in [0.2, 0.25) is 0 Å². The minimum atomic E-state index is 0.467. The van der Waals surface area contributed by atoms with Gasteiger partial charge in [-0.2, -0.15) is 0 Å². The van der Waals surface area contributed by atoms with Crippen LogP contribution in [-0.2, 0) is 0 Å². The van der Waals surface area contributed by atoms with Crippen LogP contribution in [0.5, 0.6) is 0 Å². The molecule has 0 aliphatic rings. The summed E-state index contributed by atoms with van der Waals surface area (Å²) in [5.41, 5.74) is 21.8. The molecule has 27 rings (SSSR count). The second-order valence-electron chi connectivity index (χ2n) is 34.6. The summed E-state index contributed by atoms with van der Waals surface area (Å²) in [7, 11) is 0. The molecule has 0 radical (unpaired) electrons. The highest BCUT2D eigenvalue weighted by molar-refractivity contribution is 6.16. The molecule has 660 valence electrons. The van der Waals surface area contributed by atoms with Crippen LogP contribution in [0.4, 0.5) is 0 Å². The Bertz CT molecular complexity index is 9310. The van der Waals surface area contributed by atoms with Gasteiger partial charge in [0.15, 0.2) is 40.8 Å². The van der Waals surface area contributed by atoms with Gasteiger partial charge in [-0.05, 0) is 204 Å². The summed E-state index contributed by atoms with van der Waals surface area (Å²) in [5.74, 6) is 6.85. The molecular formula is C127H82N14. The number of benzene rings is 21. The Hall–Kier alpha value is -19.3. The number of rotatable bonds is 15. The molecule has 14 nitrogen and oxygen atoms in total. The third-order valence-corrected chi connectivity index (χ3v) is 25.9. The van der Waals surface area contributed by atoms with E-state index in [9.17, 15) is 0 Å². The van der Waals surface area contributed by atoms with Gasteiger partial charge < -0.3 is 0 Å². The maximum absolute atomic E-state index is 8.04. The van der Waals surface area contributed by atoms with E-state index in [0.29, 0.717) is 58.9 Å². The summed E-state index contributed by atoms with van der Waals surface area (Å²) in [4.78, 5) is 55.2. The molecule has 0 bridgehead atoms. The van der Waals surface area contributed by atoms with Crippen LogP contribution in [0.1, 0.15) is 4.11 Å². The van der Waals surface area contributed by atoms with Crippen LogP contribution >= 0.6 is 0 Å². The van der Waals surface area contributed by atoms with Crippen LogP contribution in [-0.4, -0.2) is 68.5 Å². The number of aromatic nitrogens is 14. The van der Waals surface area contributed by atoms with Gasteiger partial charge in [-0.3, -0.25) is 13.7 Å². The first-order valence-electron chi connectivity index (χ1n) is 48.3. The third kappa shape index (κ3) is 16.2. The zero-order valence-electron chi connectivity index (χ0n) is 78.9. The molecule has 0 saturated carbocycles. The maximum Gasteiger partial charge on any atom is 0.164 e. The highest BCUT2D eigenvalue weighted by atomic mass is 15.1. The molecule has 21 aromatic carbocycles. The van der Waals surface area contributed by atoms with E-state index in [2.05, 4.69) is 268 Å². The summed E-state index contributed by atoms with van der Waals surface area (Å²) < 4.78 is 30.4. The second kappa shape index (κ2) is 36.5. The van der Waals surface area contributed by atoms with Gasteiger partial charge in [0.25, 0.3) is 0 Å². The average molecular weight is 1810 g/mol. The van der Waals surface area contributed by atoms with Gasteiger partial charge in [-0.25, -0.2) is 54.8 Å². The van der Waals surface area contributed by atoms with Crippen molar-refractivity contribution in [3.05, 3.63) is 497 Å². The molecule has 6 heterocycles. The van der Waals surface area contributed by atoms with Crippen molar-refractivity contribution in [1.82, 2.24) is 68.5 Å². The van der Waals surface area contributed by atoms with E-state index < -0.39 is 0 Å². The van der Waals surface area contributed by atoms with Crippen molar-refractivity contribution < 1.29 is 4.11 Å². The van der Waals surface area contributed by atoms with Crippen LogP contribution in [0.3, 0.4) is 0 Å². The molecule has 141 heavy (non-hydrogen) atoms. The molecule has 0 aliphatic heterocycles. The first kappa shape index (κ1) is 80.2. The lowest BCUT2D eigenvalue weighted by molar-refractivity contribution is 1.07. The topological polar surface area (TPSA) is 157 Å². The summed E-state index contributed by atoms with van der Waals surface area (Å²) in [6.45, 7) is 0. The minimum absolute atomic E-state index is 0.467. The predicted molar refractivity (Wildman–Crippen MR) is 576 cm³/mol. The van der Waals surface area contributed by atoms with Gasteiger partial charge in [0, 0.05) is 83.8 Å². The molecule has 0 aliphatic carbocycles. The molecule has 0 unspecified atom stereocenters. The van der Waals surface area contributed by atoms with Crippen LogP contribution < -0.4 is 0 Å². The maximum atomic E-state index is 8.04. The second-order valence-corrected chi connectivity index (χ2v) is 34.6. The Morgan fingerprint density at radius 2 is 0.404 bits per heavy atom. The van der Waals surface area contributed by atoms with Gasteiger partial charge >= 0.3 is 0 Å². The first-order valence-corrected chi connectivity index (χ1v) is 46.8. The van der Waals surface area contributed by atoms with Crippen LogP contribution in [0.25, 0.3) is 251 Å². The Balaban J connectivity index is 0.000000115. The van der Waals surface area contributed by atoms with Crippen molar-refractivity contribution in [2.45, 2.75) is 0 Å². The van der Waals surface area contributed by atoms with E-state index >= 15 is 0 Å². The number of para-hydroxylation sites is 6. The van der Waals surface area contributed by atoms with Gasteiger partial charge in [-0.1, -0.05) is 358 Å². The van der Waals surface area contributed by atoms with Crippen molar-refractivity contribution in [1.29, 1.82) is 0 Å². The quantitative estimate of drug-likeness (QED) is 0.0900. The monoisotopic (exact) mass is 1810 g/mol. The lowest BCUT2D eigenvalue weighted by Gasteiger charge is -2.15. The molecule has 6 aromatic heterocycles. The first-order chi connectivity index (χ1) is 71.0. The number of hydrogen-bond acceptors (Lipinski definition) is 11. The fraction of sp³-hybridized carbons (Fsp3) is 0. The van der Waals surface area contributed by atoms with E-state index in [4.69, 9.17) is 58.9 Å². The van der Waals surface area contributed by atoms with Crippen molar-refractivity contribution in [3.63, 3.8) is 0 Å². The molecule has 14 heteroatoms. The van der Waals surface area contributed by atoms with Crippen molar-refractivity contribution >= 4 is 97.7 Å². The van der Waals surface area contributed by atoms with E-state index in [1.165, 1.54) is 43.1 Å². The largest absolute Gasteiger partial charge is 0.292 e. The van der Waals surface area contributed by atoms with Gasteiger partial charge in [0.2, 0.25) is 0 Å². The lowest BCUT2D eigenvalue weighted by atomic mass is 9.93. The standard InChI is InChI=1S/C51H32N4.C42H27N5.C34H23N5/c1-2-14-34(15-3-1)51-54-46-24-12-13-25-49(46)55(51)37-28-26-33(27-29-37)50-52-47(44-30-35-16-4-6-18-38(35)40-20-8-10-22-42(40)44)32-48(53-50)45-31-36-17-5-7-19-39(36)41-21-9-11-23-43(41)45;1-2-12-31(13-3-1)42-43-37-16-8-9-17-38(37)47(42)36-24-22-30(23-25-36)39-44-40(34-20-18-28-10-4-6-14-32(28)26-34)46-41(45-39)35-21-19-29-11-5-7-15-33(29)27-35;1-4-12-24(13-5-1)31-36-32(25-14-6-2-7-15-25)38-33(37-31)26-20-22-28(23-21-26)39-30-19-11-10-18-29(30)35-34(39)27-16-8-3-9-17-27/h1-32H;1-27H;1-23H/i2*1D;3D. The van der Waals surface area contributed by atoms with Gasteiger partial charge in [0.1, 0.15) is 17.5 Å². The molecule has 0 spiro atoms. The number of hydrogen-bond donors (Lipinski definition) is 0. The summed E-state index contributed by atoms with van der Waals surface area (Å²) in [5, 5.41) is 14.1. The van der Waals surface area contributed by atoms with Gasteiger partial charge in [-0.15, -0.1) is 0 Å². The van der Waals surface area contributed by atoms with Crippen molar-refractivity contribution in [2.75, 3.05) is 0 Å². The lowest BCUT2D eigenvalue weighted by Crippen LogP contribution is -2.01. The minimum Gasteiger partial charge on any atom is -0.292 e. The van der Waals surface area contributed by atoms with Crippen LogP contribution in [0.15, 0.2) is 497 Å². The van der Waals surface area contributed by atoms with Gasteiger partial charge in [0.05, 0.1) is 48.6 Å². The highest BCUT2D eigenvalue weighted by Crippen LogP contribution is 2.43. The Labute approximate surface area is 815 Å². The van der Waals surface area contributed by atoms with E-state index in [0.717, 1.165) is 167 Å². The smallest absolute Gasteiger partial charge is 0.164 e. The average Bonchev–Trinajstić information content (AvgIpc) is 1.25. The molecule has 0 saturated heterocycles. The summed E-state index contributed by atoms with van der Waals surface area (Å²) in [6.07, 6.45) is 0. The Kier molecular flexibility index (Phi) is 20.7. The summed E-state index contributed by atoms with van der Waals surface area (Å²) in [6, 6.07) is 164. The molecule has 0 amide bonds. The normalized spacial score (nSPS) is 11.7. The fourth-order valence-electron chi connectivity index (χ4n) is 19.1. The summed E-state index contributed by atoms with van der Waals surface area (Å²) >= 11 is 0. The zero-order chi connectivity index (χ0) is 96.1. The molecule has 0 fully saturated rings. The SMILES string of the molecule is [2H]c1ccc(-c2nc3ccccc3n2-c2ccc(-c3nc(-c4cc5ccccc5c5ccccc45)cc(-c4cc5ccccc5c5ccccc45)n3)cc2)cc1.[2H]c1ccc(-c2nc3ccccc3n2-c2ccc(-c3nc(-c4ccc5ccccc5c4)nc(-c4ccc5ccccc5c4)n3)cc2)cc1.[2H]c1ccc(-c2nc3ccccc3n2-c2ccc(-c3nc(-c4ccccc4)nc(-c4ccccc4)n3)cc2)cc1. The molecule has 0 N–H and O–H groups in total. The number of nitrogens with zero attached hydrogens (tertiary/aromatic N) is 14. The molecular weight excluding hydrogens is 1720 g/mol. The molecule has 27 aromatic rings. The van der Waals surface area contributed by atoms with E-state index in [1.807, 2.05) is 200 Å². The predicted octanol–water partition coefficient (Wildman–Crippen LogP) is 31.2. The molecule has 0 atom stereocenters. The Morgan fingerprint density at radius 3 is 0.745 bits per heavy atom. The number of imidazole rings is 3. The van der Waals surface area contributed by atoms with E-state index in [1.54, 1.807) is 24.3 Å². The fourth-order valence-corrected chi connectivity index (χ4v) is 19.1. The van der Waals surface area contributed by atoms with Crippen molar-refractivity contribution in [3.8, 4) is 153 Å². The third-order valence-electron chi connectivity index (χ3n) is 25.9. The van der Waals surface area contributed by atoms with E-state index in [-0.39, 0.29) is 0 Å². The van der Waals surface area contributed by atoms with Crippen molar-refractivity contribution in [2.24, 2.45) is 0 Å². The number of fused-ring (bicyclic) bond motifs is 11. The van der Waals surface area contributed by atoms with Crippen LogP contribution in [0, 0.1) is 0 Å².